The molecule has 0 atom stereocenters. The van der Waals surface area contributed by atoms with Crippen molar-refractivity contribution in [1.82, 2.24) is 9.97 Å². The van der Waals surface area contributed by atoms with Crippen molar-refractivity contribution in [3.8, 4) is 0 Å². The van der Waals surface area contributed by atoms with Gasteiger partial charge in [-0.25, -0.2) is 9.97 Å². The summed E-state index contributed by atoms with van der Waals surface area (Å²) in [5.74, 6) is 1.95. The molecule has 0 saturated heterocycles. The van der Waals surface area contributed by atoms with E-state index in [-0.39, 0.29) is 0 Å². The largest absolute Gasteiger partial charge is 0.373 e. The van der Waals surface area contributed by atoms with E-state index < -0.39 is 0 Å². The molecule has 1 rings (SSSR count). The standard InChI is InChI=1S/C13H22BrN3O/c1-5-7-18-8-10-16-12(9(3)4)11(14)13(17-10)15-6-2/h9H,5-8H2,1-4H3,(H,15,16,17). The van der Waals surface area contributed by atoms with Crippen LogP contribution in [0.15, 0.2) is 4.47 Å². The van der Waals surface area contributed by atoms with E-state index in [9.17, 15) is 0 Å². The zero-order chi connectivity index (χ0) is 13.5. The maximum absolute atomic E-state index is 5.51. The summed E-state index contributed by atoms with van der Waals surface area (Å²) in [6, 6.07) is 0. The molecule has 0 aromatic carbocycles. The maximum Gasteiger partial charge on any atom is 0.156 e. The number of halogens is 1. The molecule has 0 bridgehead atoms. The molecule has 0 aliphatic carbocycles. The van der Waals surface area contributed by atoms with E-state index in [2.05, 4.69) is 58.9 Å². The Labute approximate surface area is 118 Å². The highest BCUT2D eigenvalue weighted by atomic mass is 79.9. The van der Waals surface area contributed by atoms with Gasteiger partial charge in [0.2, 0.25) is 0 Å². The molecule has 1 aromatic rings. The molecule has 0 radical (unpaired) electrons. The molecule has 102 valence electrons. The molecule has 1 aromatic heterocycles. The topological polar surface area (TPSA) is 47.0 Å². The van der Waals surface area contributed by atoms with Crippen molar-refractivity contribution in [2.24, 2.45) is 0 Å². The highest BCUT2D eigenvalue weighted by molar-refractivity contribution is 9.10. The van der Waals surface area contributed by atoms with Gasteiger partial charge in [0.15, 0.2) is 5.82 Å². The number of nitrogens with zero attached hydrogens (tertiary/aromatic N) is 2. The van der Waals surface area contributed by atoms with Gasteiger partial charge in [-0.15, -0.1) is 0 Å². The van der Waals surface area contributed by atoms with E-state index in [1.165, 1.54) is 0 Å². The van der Waals surface area contributed by atoms with Crippen LogP contribution in [0.3, 0.4) is 0 Å². The minimum atomic E-state index is 0.352. The van der Waals surface area contributed by atoms with Crippen LogP contribution in [0.4, 0.5) is 5.82 Å². The SMILES string of the molecule is CCCOCc1nc(NCC)c(Br)c(C(C)C)n1. The Morgan fingerprint density at radius 2 is 2.00 bits per heavy atom. The third kappa shape index (κ3) is 4.21. The van der Waals surface area contributed by atoms with Crippen LogP contribution in [0, 0.1) is 0 Å². The molecular formula is C13H22BrN3O. The summed E-state index contributed by atoms with van der Waals surface area (Å²) < 4.78 is 6.47. The van der Waals surface area contributed by atoms with Gasteiger partial charge in [0.05, 0.1) is 10.2 Å². The number of hydrogen-bond donors (Lipinski definition) is 1. The van der Waals surface area contributed by atoms with Crippen LogP contribution in [-0.4, -0.2) is 23.1 Å². The number of hydrogen-bond acceptors (Lipinski definition) is 4. The lowest BCUT2D eigenvalue weighted by Gasteiger charge is -2.14. The Bertz CT molecular complexity index is 383. The van der Waals surface area contributed by atoms with Gasteiger partial charge >= 0.3 is 0 Å². The first-order valence-electron chi connectivity index (χ1n) is 6.48. The van der Waals surface area contributed by atoms with Crippen LogP contribution >= 0.6 is 15.9 Å². The van der Waals surface area contributed by atoms with Gasteiger partial charge in [0, 0.05) is 13.2 Å². The van der Waals surface area contributed by atoms with Crippen molar-refractivity contribution in [3.63, 3.8) is 0 Å². The third-order valence-electron chi connectivity index (χ3n) is 2.39. The molecule has 0 aliphatic rings. The van der Waals surface area contributed by atoms with E-state index in [1.807, 2.05) is 0 Å². The second-order valence-electron chi connectivity index (χ2n) is 4.43. The number of ether oxygens (including phenoxy) is 1. The van der Waals surface area contributed by atoms with Gasteiger partial charge in [-0.1, -0.05) is 20.8 Å². The van der Waals surface area contributed by atoms with Crippen LogP contribution in [0.1, 0.15) is 51.6 Å². The van der Waals surface area contributed by atoms with E-state index in [0.29, 0.717) is 12.5 Å². The fraction of sp³-hybridized carbons (Fsp3) is 0.692. The van der Waals surface area contributed by atoms with E-state index in [0.717, 1.165) is 41.4 Å². The second kappa shape index (κ2) is 7.69. The van der Waals surface area contributed by atoms with Crippen molar-refractivity contribution >= 4 is 21.7 Å². The van der Waals surface area contributed by atoms with E-state index >= 15 is 0 Å². The summed E-state index contributed by atoms with van der Waals surface area (Å²) in [6.07, 6.45) is 1.01. The van der Waals surface area contributed by atoms with Gasteiger partial charge in [-0.3, -0.25) is 0 Å². The molecule has 0 aliphatic heterocycles. The summed E-state index contributed by atoms with van der Waals surface area (Å²) in [5, 5.41) is 3.25. The van der Waals surface area contributed by atoms with Gasteiger partial charge in [0.1, 0.15) is 12.4 Å². The first-order valence-corrected chi connectivity index (χ1v) is 7.27. The predicted octanol–water partition coefficient (Wildman–Crippen LogP) is 3.72. The van der Waals surface area contributed by atoms with Crippen molar-refractivity contribution in [3.05, 3.63) is 16.0 Å². The average molecular weight is 316 g/mol. The Morgan fingerprint density at radius 3 is 2.56 bits per heavy atom. The average Bonchev–Trinajstić information content (AvgIpc) is 2.33. The van der Waals surface area contributed by atoms with Crippen molar-refractivity contribution < 1.29 is 4.74 Å². The molecule has 4 nitrogen and oxygen atoms in total. The molecule has 5 heteroatoms. The number of aromatic nitrogens is 2. The predicted molar refractivity (Wildman–Crippen MR) is 77.9 cm³/mol. The van der Waals surface area contributed by atoms with Crippen LogP contribution in [0.25, 0.3) is 0 Å². The first kappa shape index (κ1) is 15.4. The fourth-order valence-corrected chi connectivity index (χ4v) is 2.33. The normalized spacial score (nSPS) is 11.0. The molecule has 0 saturated carbocycles. The van der Waals surface area contributed by atoms with Crippen molar-refractivity contribution in [2.75, 3.05) is 18.5 Å². The zero-order valence-corrected chi connectivity index (χ0v) is 13.2. The van der Waals surface area contributed by atoms with E-state index in [1.54, 1.807) is 0 Å². The molecule has 0 spiro atoms. The molecule has 1 N–H and O–H groups in total. The number of nitrogens with one attached hydrogen (secondary N) is 1. The van der Waals surface area contributed by atoms with Gasteiger partial charge in [-0.05, 0) is 35.2 Å². The fourth-order valence-electron chi connectivity index (χ4n) is 1.55. The lowest BCUT2D eigenvalue weighted by molar-refractivity contribution is 0.116. The highest BCUT2D eigenvalue weighted by Gasteiger charge is 2.14. The van der Waals surface area contributed by atoms with Gasteiger partial charge < -0.3 is 10.1 Å². The Hall–Kier alpha value is -0.680. The van der Waals surface area contributed by atoms with E-state index in [4.69, 9.17) is 4.74 Å². The second-order valence-corrected chi connectivity index (χ2v) is 5.22. The minimum absolute atomic E-state index is 0.352. The summed E-state index contributed by atoms with van der Waals surface area (Å²) in [7, 11) is 0. The van der Waals surface area contributed by atoms with Gasteiger partial charge in [-0.2, -0.15) is 0 Å². The Morgan fingerprint density at radius 1 is 1.28 bits per heavy atom. The monoisotopic (exact) mass is 315 g/mol. The quantitative estimate of drug-likeness (QED) is 0.779. The smallest absolute Gasteiger partial charge is 0.156 e. The first-order chi connectivity index (χ1) is 8.60. The Kier molecular flexibility index (Phi) is 6.57. The van der Waals surface area contributed by atoms with Gasteiger partial charge in [0.25, 0.3) is 0 Å². The minimum Gasteiger partial charge on any atom is -0.373 e. The summed E-state index contributed by atoms with van der Waals surface area (Å²) in [6.45, 7) is 10.4. The van der Waals surface area contributed by atoms with Crippen LogP contribution in [0.5, 0.6) is 0 Å². The van der Waals surface area contributed by atoms with Crippen molar-refractivity contribution in [1.29, 1.82) is 0 Å². The summed E-state index contributed by atoms with van der Waals surface area (Å²) in [4.78, 5) is 9.05. The zero-order valence-electron chi connectivity index (χ0n) is 11.6. The van der Waals surface area contributed by atoms with Crippen molar-refractivity contribution in [2.45, 2.75) is 46.6 Å². The summed E-state index contributed by atoms with van der Waals surface area (Å²) >= 11 is 3.57. The molecular weight excluding hydrogens is 294 g/mol. The Balaban J connectivity index is 2.96. The molecule has 18 heavy (non-hydrogen) atoms. The number of anilines is 1. The lowest BCUT2D eigenvalue weighted by atomic mass is 10.1. The molecule has 0 unspecified atom stereocenters. The molecule has 0 amide bonds. The molecule has 1 heterocycles. The van der Waals surface area contributed by atoms with Crippen LogP contribution < -0.4 is 5.32 Å². The summed E-state index contributed by atoms with van der Waals surface area (Å²) in [5.41, 5.74) is 1.02. The lowest BCUT2D eigenvalue weighted by Crippen LogP contribution is -2.10. The maximum atomic E-state index is 5.51. The van der Waals surface area contributed by atoms with Crippen LogP contribution in [0.2, 0.25) is 0 Å². The third-order valence-corrected chi connectivity index (χ3v) is 3.18. The highest BCUT2D eigenvalue weighted by Crippen LogP contribution is 2.28. The van der Waals surface area contributed by atoms with Crippen LogP contribution in [-0.2, 0) is 11.3 Å². The molecule has 0 fully saturated rings. The number of rotatable bonds is 7.